The number of aromatic nitrogens is 1. The molecule has 1 aliphatic heterocycles. The van der Waals surface area contributed by atoms with Crippen molar-refractivity contribution in [3.05, 3.63) is 69.7 Å². The molecule has 0 fully saturated rings. The molecule has 0 N–H and O–H groups in total. The van der Waals surface area contributed by atoms with Crippen molar-refractivity contribution in [2.75, 3.05) is 18.6 Å². The molecule has 4 rings (SSSR count). The average molecular weight is 409 g/mol. The van der Waals surface area contributed by atoms with E-state index in [1.54, 1.807) is 7.11 Å². The summed E-state index contributed by atoms with van der Waals surface area (Å²) in [5.41, 5.74) is 4.14. The lowest BCUT2D eigenvalue weighted by Gasteiger charge is -2.29. The molecule has 6 heteroatoms. The second-order valence-electron chi connectivity index (χ2n) is 7.15. The predicted molar refractivity (Wildman–Crippen MR) is 115 cm³/mol. The van der Waals surface area contributed by atoms with E-state index in [1.165, 1.54) is 16.9 Å². The molecule has 0 saturated carbocycles. The SMILES string of the molecule is COc1ccc2c(c1)CCCN2C(=O)Cc1csc(COc2ccc(C)cc2)n1. The Kier molecular flexibility index (Phi) is 5.81. The number of benzene rings is 2. The number of nitrogens with zero attached hydrogens (tertiary/aromatic N) is 2. The molecule has 2 aromatic carbocycles. The largest absolute Gasteiger partial charge is 0.497 e. The number of carbonyl (C=O) groups excluding carboxylic acids is 1. The van der Waals surface area contributed by atoms with Crippen molar-refractivity contribution in [2.24, 2.45) is 0 Å². The fourth-order valence-electron chi connectivity index (χ4n) is 3.49. The molecule has 5 nitrogen and oxygen atoms in total. The molecule has 0 radical (unpaired) electrons. The van der Waals surface area contributed by atoms with Gasteiger partial charge in [0.25, 0.3) is 0 Å². The van der Waals surface area contributed by atoms with Crippen LogP contribution in [0, 0.1) is 6.92 Å². The van der Waals surface area contributed by atoms with Gasteiger partial charge in [0.05, 0.1) is 19.2 Å². The highest BCUT2D eigenvalue weighted by Gasteiger charge is 2.23. The maximum Gasteiger partial charge on any atom is 0.233 e. The van der Waals surface area contributed by atoms with Crippen molar-refractivity contribution < 1.29 is 14.3 Å². The van der Waals surface area contributed by atoms with Gasteiger partial charge in [-0.1, -0.05) is 17.7 Å². The lowest BCUT2D eigenvalue weighted by molar-refractivity contribution is -0.118. The van der Waals surface area contributed by atoms with Gasteiger partial charge in [0, 0.05) is 17.6 Å². The maximum absolute atomic E-state index is 12.9. The predicted octanol–water partition coefficient (Wildman–Crippen LogP) is 4.56. The van der Waals surface area contributed by atoms with Crippen LogP contribution in [0.3, 0.4) is 0 Å². The van der Waals surface area contributed by atoms with Gasteiger partial charge in [-0.25, -0.2) is 4.98 Å². The van der Waals surface area contributed by atoms with E-state index >= 15 is 0 Å². The van der Waals surface area contributed by atoms with E-state index in [9.17, 15) is 4.79 Å². The molecule has 0 atom stereocenters. The minimum absolute atomic E-state index is 0.0763. The molecule has 2 heterocycles. The highest BCUT2D eigenvalue weighted by Crippen LogP contribution is 2.31. The molecular formula is C23H24N2O3S. The summed E-state index contributed by atoms with van der Waals surface area (Å²) < 4.78 is 11.1. The van der Waals surface area contributed by atoms with E-state index in [2.05, 4.69) is 4.98 Å². The van der Waals surface area contributed by atoms with Crippen LogP contribution in [-0.2, 0) is 24.2 Å². The van der Waals surface area contributed by atoms with E-state index in [4.69, 9.17) is 9.47 Å². The van der Waals surface area contributed by atoms with Crippen LogP contribution < -0.4 is 14.4 Å². The molecule has 0 bridgehead atoms. The number of ether oxygens (including phenoxy) is 2. The van der Waals surface area contributed by atoms with Crippen molar-refractivity contribution in [2.45, 2.75) is 32.8 Å². The number of carbonyl (C=O) groups is 1. The number of hydrogen-bond donors (Lipinski definition) is 0. The summed E-state index contributed by atoms with van der Waals surface area (Å²) in [5.74, 6) is 1.73. The first-order chi connectivity index (χ1) is 14.1. The van der Waals surface area contributed by atoms with E-state index in [0.717, 1.165) is 52.8 Å². The Hall–Kier alpha value is -2.86. The highest BCUT2D eigenvalue weighted by atomic mass is 32.1. The number of anilines is 1. The number of hydrogen-bond acceptors (Lipinski definition) is 5. The number of methoxy groups -OCH3 is 1. The fourth-order valence-corrected chi connectivity index (χ4v) is 4.19. The second kappa shape index (κ2) is 8.66. The summed E-state index contributed by atoms with van der Waals surface area (Å²) in [7, 11) is 1.66. The van der Waals surface area contributed by atoms with Crippen molar-refractivity contribution >= 4 is 22.9 Å². The summed E-state index contributed by atoms with van der Waals surface area (Å²) in [6.45, 7) is 3.20. The van der Waals surface area contributed by atoms with Crippen LogP contribution in [0.25, 0.3) is 0 Å². The van der Waals surface area contributed by atoms with Gasteiger partial charge in [-0.05, 0) is 55.7 Å². The van der Waals surface area contributed by atoms with Crippen LogP contribution in [0.2, 0.25) is 0 Å². The van der Waals surface area contributed by atoms with Crippen LogP contribution in [0.15, 0.2) is 47.8 Å². The number of aryl methyl sites for hydroxylation is 2. The Bertz CT molecular complexity index is 998. The molecule has 29 heavy (non-hydrogen) atoms. The number of rotatable bonds is 6. The first kappa shape index (κ1) is 19.5. The van der Waals surface area contributed by atoms with E-state index < -0.39 is 0 Å². The molecule has 0 aliphatic carbocycles. The van der Waals surface area contributed by atoms with Crippen LogP contribution in [-0.4, -0.2) is 24.5 Å². The van der Waals surface area contributed by atoms with Gasteiger partial charge < -0.3 is 14.4 Å². The van der Waals surface area contributed by atoms with Crippen LogP contribution >= 0.6 is 11.3 Å². The molecule has 0 spiro atoms. The van der Waals surface area contributed by atoms with Gasteiger partial charge in [-0.15, -0.1) is 11.3 Å². The first-order valence-corrected chi connectivity index (χ1v) is 10.6. The van der Waals surface area contributed by atoms with E-state index in [-0.39, 0.29) is 5.91 Å². The number of fused-ring (bicyclic) bond motifs is 1. The van der Waals surface area contributed by atoms with Gasteiger partial charge in [-0.3, -0.25) is 4.79 Å². The normalized spacial score (nSPS) is 13.1. The minimum atomic E-state index is 0.0763. The summed E-state index contributed by atoms with van der Waals surface area (Å²) in [4.78, 5) is 19.4. The van der Waals surface area contributed by atoms with Crippen molar-refractivity contribution in [1.82, 2.24) is 4.98 Å². The standard InChI is InChI=1S/C23H24N2O3S/c1-16-5-7-19(8-6-16)28-14-22-24-18(15-29-22)13-23(26)25-11-3-4-17-12-20(27-2)9-10-21(17)25/h5-10,12,15H,3-4,11,13-14H2,1-2H3. The molecular weight excluding hydrogens is 384 g/mol. The summed E-state index contributed by atoms with van der Waals surface area (Å²) >= 11 is 1.53. The average Bonchev–Trinajstić information content (AvgIpc) is 3.19. The third kappa shape index (κ3) is 4.59. The third-order valence-corrected chi connectivity index (χ3v) is 5.89. The second-order valence-corrected chi connectivity index (χ2v) is 8.10. The van der Waals surface area contributed by atoms with Crippen molar-refractivity contribution in [1.29, 1.82) is 0 Å². The monoisotopic (exact) mass is 408 g/mol. The molecule has 1 amide bonds. The molecule has 0 saturated heterocycles. The molecule has 3 aromatic rings. The Balaban J connectivity index is 1.39. The molecule has 150 valence electrons. The Morgan fingerprint density at radius 1 is 1.17 bits per heavy atom. The topological polar surface area (TPSA) is 51.7 Å². The van der Waals surface area contributed by atoms with Gasteiger partial charge in [0.1, 0.15) is 23.1 Å². The number of thiazole rings is 1. The number of amides is 1. The zero-order valence-corrected chi connectivity index (χ0v) is 17.5. The van der Waals surface area contributed by atoms with E-state index in [1.807, 2.05) is 59.7 Å². The van der Waals surface area contributed by atoms with Gasteiger partial charge in [0.2, 0.25) is 5.91 Å². The Morgan fingerprint density at radius 2 is 1.97 bits per heavy atom. The van der Waals surface area contributed by atoms with Gasteiger partial charge in [-0.2, -0.15) is 0 Å². The minimum Gasteiger partial charge on any atom is -0.497 e. The third-order valence-electron chi connectivity index (χ3n) is 5.02. The smallest absolute Gasteiger partial charge is 0.233 e. The summed E-state index contributed by atoms with van der Waals surface area (Å²) in [5, 5.41) is 2.82. The zero-order valence-electron chi connectivity index (χ0n) is 16.7. The van der Waals surface area contributed by atoms with E-state index in [0.29, 0.717) is 13.0 Å². The summed E-state index contributed by atoms with van der Waals surface area (Å²) in [6.07, 6.45) is 2.22. The first-order valence-electron chi connectivity index (χ1n) is 9.72. The lowest BCUT2D eigenvalue weighted by Crippen LogP contribution is -2.36. The molecule has 0 unspecified atom stereocenters. The summed E-state index contributed by atoms with van der Waals surface area (Å²) in [6, 6.07) is 13.9. The Labute approximate surface area is 174 Å². The lowest BCUT2D eigenvalue weighted by atomic mass is 10.0. The van der Waals surface area contributed by atoms with Crippen molar-refractivity contribution in [3.63, 3.8) is 0 Å². The van der Waals surface area contributed by atoms with Crippen LogP contribution in [0.1, 0.15) is 28.2 Å². The zero-order chi connectivity index (χ0) is 20.2. The molecule has 1 aliphatic rings. The van der Waals surface area contributed by atoms with Gasteiger partial charge in [0.15, 0.2) is 0 Å². The van der Waals surface area contributed by atoms with Crippen LogP contribution in [0.5, 0.6) is 11.5 Å². The quantitative estimate of drug-likeness (QED) is 0.600. The van der Waals surface area contributed by atoms with Crippen molar-refractivity contribution in [3.8, 4) is 11.5 Å². The molecule has 1 aromatic heterocycles. The highest BCUT2D eigenvalue weighted by molar-refractivity contribution is 7.09. The maximum atomic E-state index is 12.9. The fraction of sp³-hybridized carbons (Fsp3) is 0.304. The Morgan fingerprint density at radius 3 is 2.76 bits per heavy atom. The van der Waals surface area contributed by atoms with Crippen LogP contribution in [0.4, 0.5) is 5.69 Å². The van der Waals surface area contributed by atoms with Gasteiger partial charge >= 0.3 is 0 Å².